The maximum Gasteiger partial charge on any atom is 0.0320 e. The van der Waals surface area contributed by atoms with Gasteiger partial charge in [0.1, 0.15) is 0 Å². The second-order valence-electron chi connectivity index (χ2n) is 9.72. The fourth-order valence-electron chi connectivity index (χ4n) is 5.11. The molecule has 0 amide bonds. The standard InChI is InChI=1S/C26H47N5/c27-24-18-22(20-28-13-7-15-30-25-9-3-1-4-10-25)17-23(19-24)21-29-14-8-16-31-26-11-5-2-6-12-26/h17-19,25-26,28-31H,1-16,20-21,27H2. The molecule has 2 aliphatic rings. The van der Waals surface area contributed by atoms with Gasteiger partial charge in [0.2, 0.25) is 0 Å². The molecule has 0 bridgehead atoms. The van der Waals surface area contributed by atoms with Gasteiger partial charge in [0.25, 0.3) is 0 Å². The average Bonchev–Trinajstić information content (AvgIpc) is 2.79. The number of rotatable bonds is 14. The van der Waals surface area contributed by atoms with Gasteiger partial charge >= 0.3 is 0 Å². The first-order valence-electron chi connectivity index (χ1n) is 13.1. The summed E-state index contributed by atoms with van der Waals surface area (Å²) in [6.45, 7) is 6.14. The minimum absolute atomic E-state index is 0.765. The Morgan fingerprint density at radius 3 is 1.52 bits per heavy atom. The highest BCUT2D eigenvalue weighted by atomic mass is 14.9. The van der Waals surface area contributed by atoms with Crippen molar-refractivity contribution in [1.29, 1.82) is 0 Å². The van der Waals surface area contributed by atoms with Crippen molar-refractivity contribution < 1.29 is 0 Å². The lowest BCUT2D eigenvalue weighted by Gasteiger charge is -2.22. The van der Waals surface area contributed by atoms with Crippen LogP contribution in [0.1, 0.15) is 88.2 Å². The minimum Gasteiger partial charge on any atom is -0.399 e. The summed E-state index contributed by atoms with van der Waals surface area (Å²) in [5.74, 6) is 0. The summed E-state index contributed by atoms with van der Waals surface area (Å²) in [4.78, 5) is 0. The normalized spacial score (nSPS) is 18.5. The minimum atomic E-state index is 0.765. The molecule has 0 heterocycles. The average molecular weight is 430 g/mol. The van der Waals surface area contributed by atoms with Crippen LogP contribution in [0.2, 0.25) is 0 Å². The Bertz CT molecular complexity index is 545. The maximum atomic E-state index is 6.15. The van der Waals surface area contributed by atoms with Gasteiger partial charge in [-0.2, -0.15) is 0 Å². The van der Waals surface area contributed by atoms with Gasteiger partial charge in [-0.05, 0) is 88.0 Å². The van der Waals surface area contributed by atoms with Crippen molar-refractivity contribution in [2.75, 3.05) is 31.9 Å². The van der Waals surface area contributed by atoms with Crippen molar-refractivity contribution >= 4 is 5.69 Å². The Morgan fingerprint density at radius 2 is 1.06 bits per heavy atom. The molecule has 1 aromatic rings. The van der Waals surface area contributed by atoms with Gasteiger partial charge in [-0.3, -0.25) is 0 Å². The monoisotopic (exact) mass is 429 g/mol. The lowest BCUT2D eigenvalue weighted by atomic mass is 9.95. The highest BCUT2D eigenvalue weighted by Gasteiger charge is 2.12. The molecule has 2 saturated carbocycles. The molecule has 1 aromatic carbocycles. The number of nitrogens with two attached hydrogens (primary N) is 1. The van der Waals surface area contributed by atoms with Gasteiger partial charge in [0.05, 0.1) is 0 Å². The van der Waals surface area contributed by atoms with Crippen LogP contribution in [0.4, 0.5) is 5.69 Å². The largest absolute Gasteiger partial charge is 0.399 e. The summed E-state index contributed by atoms with van der Waals surface area (Å²) < 4.78 is 0. The van der Waals surface area contributed by atoms with E-state index in [1.807, 2.05) is 0 Å². The van der Waals surface area contributed by atoms with E-state index in [2.05, 4.69) is 39.5 Å². The molecular weight excluding hydrogens is 382 g/mol. The van der Waals surface area contributed by atoms with Crippen LogP contribution in [0.3, 0.4) is 0 Å². The SMILES string of the molecule is Nc1cc(CNCCCNC2CCCCC2)cc(CNCCCNC2CCCCC2)c1. The molecule has 0 radical (unpaired) electrons. The maximum absolute atomic E-state index is 6.15. The van der Waals surface area contributed by atoms with Crippen molar-refractivity contribution in [3.8, 4) is 0 Å². The van der Waals surface area contributed by atoms with Crippen LogP contribution in [0.25, 0.3) is 0 Å². The van der Waals surface area contributed by atoms with Gasteiger partial charge in [-0.15, -0.1) is 0 Å². The zero-order valence-electron chi connectivity index (χ0n) is 19.7. The molecule has 176 valence electrons. The molecule has 0 aliphatic heterocycles. The van der Waals surface area contributed by atoms with E-state index in [0.717, 1.165) is 57.0 Å². The van der Waals surface area contributed by atoms with Crippen molar-refractivity contribution in [3.63, 3.8) is 0 Å². The van der Waals surface area contributed by atoms with E-state index in [1.165, 1.54) is 88.2 Å². The fourth-order valence-corrected chi connectivity index (χ4v) is 5.11. The van der Waals surface area contributed by atoms with Crippen molar-refractivity contribution in [3.05, 3.63) is 29.3 Å². The molecule has 3 rings (SSSR count). The number of nitrogens with one attached hydrogen (secondary N) is 4. The van der Waals surface area contributed by atoms with Crippen LogP contribution in [0.5, 0.6) is 0 Å². The van der Waals surface area contributed by atoms with Crippen LogP contribution in [-0.2, 0) is 13.1 Å². The molecule has 0 saturated heterocycles. The number of hydrogen-bond donors (Lipinski definition) is 5. The predicted molar refractivity (Wildman–Crippen MR) is 133 cm³/mol. The smallest absolute Gasteiger partial charge is 0.0320 e. The quantitative estimate of drug-likeness (QED) is 0.228. The van der Waals surface area contributed by atoms with E-state index in [-0.39, 0.29) is 0 Å². The Labute approximate surface area is 190 Å². The Balaban J connectivity index is 1.23. The molecule has 0 spiro atoms. The molecular formula is C26H47N5. The number of benzene rings is 1. The van der Waals surface area contributed by atoms with E-state index in [1.54, 1.807) is 0 Å². The first kappa shape index (κ1) is 24.5. The first-order valence-corrected chi connectivity index (χ1v) is 13.1. The topological polar surface area (TPSA) is 74.1 Å². The van der Waals surface area contributed by atoms with Crippen LogP contribution < -0.4 is 27.0 Å². The number of hydrogen-bond acceptors (Lipinski definition) is 5. The van der Waals surface area contributed by atoms with E-state index in [0.29, 0.717) is 0 Å². The molecule has 0 atom stereocenters. The molecule has 31 heavy (non-hydrogen) atoms. The molecule has 0 aromatic heterocycles. The van der Waals surface area contributed by atoms with Gasteiger partial charge in [-0.25, -0.2) is 0 Å². The highest BCUT2D eigenvalue weighted by Crippen LogP contribution is 2.18. The zero-order valence-corrected chi connectivity index (χ0v) is 19.7. The Hall–Kier alpha value is -1.14. The summed E-state index contributed by atoms with van der Waals surface area (Å²) in [6, 6.07) is 8.02. The lowest BCUT2D eigenvalue weighted by molar-refractivity contribution is 0.371. The fraction of sp³-hybridized carbons (Fsp3) is 0.769. The van der Waals surface area contributed by atoms with Gasteiger partial charge in [0, 0.05) is 30.9 Å². The van der Waals surface area contributed by atoms with Crippen LogP contribution in [-0.4, -0.2) is 38.3 Å². The molecule has 2 aliphatic carbocycles. The number of anilines is 1. The summed E-state index contributed by atoms with van der Waals surface area (Å²) in [7, 11) is 0. The van der Waals surface area contributed by atoms with Crippen molar-refractivity contribution in [2.45, 2.75) is 102 Å². The summed E-state index contributed by atoms with van der Waals surface area (Å²) in [5, 5.41) is 14.6. The molecule has 5 nitrogen and oxygen atoms in total. The molecule has 2 fully saturated rings. The second kappa shape index (κ2) is 14.8. The summed E-state index contributed by atoms with van der Waals surface area (Å²) in [6.07, 6.45) is 16.3. The van der Waals surface area contributed by atoms with E-state index in [9.17, 15) is 0 Å². The van der Waals surface area contributed by atoms with Crippen molar-refractivity contribution in [2.24, 2.45) is 0 Å². The highest BCUT2D eigenvalue weighted by molar-refractivity contribution is 5.44. The second-order valence-corrected chi connectivity index (χ2v) is 9.72. The van der Waals surface area contributed by atoms with E-state index in [4.69, 9.17) is 5.73 Å². The first-order chi connectivity index (χ1) is 15.3. The number of nitrogen functional groups attached to an aromatic ring is 1. The lowest BCUT2D eigenvalue weighted by Crippen LogP contribution is -2.33. The third-order valence-corrected chi connectivity index (χ3v) is 6.87. The van der Waals surface area contributed by atoms with Crippen LogP contribution in [0.15, 0.2) is 18.2 Å². The Kier molecular flexibility index (Phi) is 11.7. The Morgan fingerprint density at radius 1 is 0.613 bits per heavy atom. The van der Waals surface area contributed by atoms with Crippen molar-refractivity contribution in [1.82, 2.24) is 21.3 Å². The molecule has 0 unspecified atom stereocenters. The summed E-state index contributed by atoms with van der Waals surface area (Å²) >= 11 is 0. The third-order valence-electron chi connectivity index (χ3n) is 6.87. The molecule has 5 heteroatoms. The summed E-state index contributed by atoms with van der Waals surface area (Å²) in [5.41, 5.74) is 9.60. The zero-order chi connectivity index (χ0) is 21.6. The van der Waals surface area contributed by atoms with Crippen LogP contribution >= 0.6 is 0 Å². The van der Waals surface area contributed by atoms with Gasteiger partial charge < -0.3 is 27.0 Å². The van der Waals surface area contributed by atoms with E-state index < -0.39 is 0 Å². The van der Waals surface area contributed by atoms with E-state index >= 15 is 0 Å². The third kappa shape index (κ3) is 10.3. The van der Waals surface area contributed by atoms with Crippen LogP contribution in [0, 0.1) is 0 Å². The van der Waals surface area contributed by atoms with Gasteiger partial charge in [-0.1, -0.05) is 44.6 Å². The van der Waals surface area contributed by atoms with Gasteiger partial charge in [0.15, 0.2) is 0 Å². The molecule has 6 N–H and O–H groups in total. The predicted octanol–water partition coefficient (Wildman–Crippen LogP) is 4.07.